The lowest BCUT2D eigenvalue weighted by Crippen LogP contribution is -2.48. The third-order valence-electron chi connectivity index (χ3n) is 3.97. The van der Waals surface area contributed by atoms with E-state index in [2.05, 4.69) is 0 Å². The number of carboxylic acid groups (broad SMARTS) is 1. The standard InChI is InChI=1S/C16H18N2O6/c19-12(17-6-8-23-9-7-17)10-18(11-4-2-1-3-5-11)15(20)13-14(24-13)16(21)22/h1-5,13-14H,6-10H2,(H,21,22)/t13-,14-/m0/s1. The maximum absolute atomic E-state index is 12.6. The molecule has 8 nitrogen and oxygen atoms in total. The molecule has 0 aliphatic carbocycles. The number of carboxylic acids is 1. The van der Waals surface area contributed by atoms with Crippen LogP contribution in [-0.4, -0.2) is 72.8 Å². The molecular weight excluding hydrogens is 316 g/mol. The lowest BCUT2D eigenvalue weighted by atomic mass is 10.2. The van der Waals surface area contributed by atoms with Gasteiger partial charge < -0.3 is 24.4 Å². The third-order valence-corrected chi connectivity index (χ3v) is 3.97. The second-order valence-electron chi connectivity index (χ2n) is 5.57. The zero-order chi connectivity index (χ0) is 17.1. The summed E-state index contributed by atoms with van der Waals surface area (Å²) in [5, 5.41) is 8.93. The molecule has 3 rings (SSSR count). The van der Waals surface area contributed by atoms with Gasteiger partial charge >= 0.3 is 5.97 Å². The van der Waals surface area contributed by atoms with Gasteiger partial charge in [0.25, 0.3) is 5.91 Å². The Balaban J connectivity index is 1.74. The Bertz CT molecular complexity index is 629. The summed E-state index contributed by atoms with van der Waals surface area (Å²) in [6.07, 6.45) is -2.18. The van der Waals surface area contributed by atoms with Crippen LogP contribution in [0.2, 0.25) is 0 Å². The summed E-state index contributed by atoms with van der Waals surface area (Å²) in [5.41, 5.74) is 0.531. The number of rotatable bonds is 5. The monoisotopic (exact) mass is 334 g/mol. The van der Waals surface area contributed by atoms with Crippen molar-refractivity contribution in [3.63, 3.8) is 0 Å². The van der Waals surface area contributed by atoms with Gasteiger partial charge in [-0.25, -0.2) is 4.79 Å². The number of nitrogens with zero attached hydrogens (tertiary/aromatic N) is 2. The van der Waals surface area contributed by atoms with Gasteiger partial charge in [0.15, 0.2) is 12.2 Å². The molecule has 128 valence electrons. The van der Waals surface area contributed by atoms with Gasteiger partial charge in [-0.15, -0.1) is 0 Å². The number of carbonyl (C=O) groups is 3. The number of carbonyl (C=O) groups excluding carboxylic acids is 2. The number of morpholine rings is 1. The van der Waals surface area contributed by atoms with Crippen molar-refractivity contribution in [3.8, 4) is 0 Å². The highest BCUT2D eigenvalue weighted by Gasteiger charge is 2.52. The molecule has 0 unspecified atom stereocenters. The van der Waals surface area contributed by atoms with Crippen molar-refractivity contribution in [2.75, 3.05) is 37.7 Å². The van der Waals surface area contributed by atoms with Gasteiger partial charge in [-0.3, -0.25) is 9.59 Å². The summed E-state index contributed by atoms with van der Waals surface area (Å²) in [7, 11) is 0. The average Bonchev–Trinajstić information content (AvgIpc) is 3.41. The second kappa shape index (κ2) is 6.98. The highest BCUT2D eigenvalue weighted by Crippen LogP contribution is 2.27. The molecule has 2 aliphatic heterocycles. The minimum Gasteiger partial charge on any atom is -0.479 e. The largest absolute Gasteiger partial charge is 0.479 e. The number of anilines is 1. The Morgan fingerprint density at radius 3 is 2.38 bits per heavy atom. The topological polar surface area (TPSA) is 99.7 Å². The predicted molar refractivity (Wildman–Crippen MR) is 82.5 cm³/mol. The second-order valence-corrected chi connectivity index (χ2v) is 5.57. The number of ether oxygens (including phenoxy) is 2. The van der Waals surface area contributed by atoms with Crippen LogP contribution in [0.4, 0.5) is 5.69 Å². The van der Waals surface area contributed by atoms with Crippen molar-refractivity contribution in [2.45, 2.75) is 12.2 Å². The fraction of sp³-hybridized carbons (Fsp3) is 0.438. The van der Waals surface area contributed by atoms with E-state index in [1.54, 1.807) is 35.2 Å². The molecule has 0 spiro atoms. The fourth-order valence-corrected chi connectivity index (χ4v) is 2.59. The molecule has 1 aromatic carbocycles. The van der Waals surface area contributed by atoms with Gasteiger partial charge in [-0.1, -0.05) is 18.2 Å². The van der Waals surface area contributed by atoms with E-state index in [4.69, 9.17) is 14.6 Å². The first kappa shape index (κ1) is 16.4. The van der Waals surface area contributed by atoms with Crippen LogP contribution in [0.25, 0.3) is 0 Å². The molecule has 1 N–H and O–H groups in total. The van der Waals surface area contributed by atoms with Gasteiger partial charge in [0, 0.05) is 18.8 Å². The molecule has 0 aromatic heterocycles. The molecule has 2 aliphatic rings. The van der Waals surface area contributed by atoms with Crippen molar-refractivity contribution in [3.05, 3.63) is 30.3 Å². The van der Waals surface area contributed by atoms with E-state index in [-0.39, 0.29) is 12.5 Å². The van der Waals surface area contributed by atoms with Crippen LogP contribution in [0.1, 0.15) is 0 Å². The molecule has 2 heterocycles. The number of benzene rings is 1. The van der Waals surface area contributed by atoms with Gasteiger partial charge in [0.1, 0.15) is 6.54 Å². The smallest absolute Gasteiger partial charge is 0.336 e. The molecule has 2 saturated heterocycles. The van der Waals surface area contributed by atoms with Crippen molar-refractivity contribution in [1.29, 1.82) is 0 Å². The van der Waals surface area contributed by atoms with Crippen LogP contribution in [0.3, 0.4) is 0 Å². The predicted octanol–water partition coefficient (Wildman–Crippen LogP) is -0.270. The molecule has 0 bridgehead atoms. The fourth-order valence-electron chi connectivity index (χ4n) is 2.59. The normalized spacial score (nSPS) is 22.8. The molecule has 8 heteroatoms. The van der Waals surface area contributed by atoms with E-state index in [1.165, 1.54) is 4.90 Å². The summed E-state index contributed by atoms with van der Waals surface area (Å²) >= 11 is 0. The van der Waals surface area contributed by atoms with Crippen molar-refractivity contribution in [2.24, 2.45) is 0 Å². The molecule has 24 heavy (non-hydrogen) atoms. The van der Waals surface area contributed by atoms with E-state index in [1.807, 2.05) is 0 Å². The highest BCUT2D eigenvalue weighted by molar-refractivity contribution is 6.05. The first-order chi connectivity index (χ1) is 11.6. The summed E-state index contributed by atoms with van der Waals surface area (Å²) < 4.78 is 10.1. The first-order valence-corrected chi connectivity index (χ1v) is 7.68. The lowest BCUT2D eigenvalue weighted by molar-refractivity contribution is -0.138. The minimum absolute atomic E-state index is 0.158. The highest BCUT2D eigenvalue weighted by atomic mass is 16.6. The third kappa shape index (κ3) is 3.55. The van der Waals surface area contributed by atoms with Crippen LogP contribution in [-0.2, 0) is 23.9 Å². The molecule has 2 fully saturated rings. The zero-order valence-electron chi connectivity index (χ0n) is 13.0. The Labute approximate surface area is 138 Å². The maximum Gasteiger partial charge on any atom is 0.336 e. The Morgan fingerprint density at radius 1 is 1.12 bits per heavy atom. The summed E-state index contributed by atoms with van der Waals surface area (Å²) in [6, 6.07) is 8.68. The molecule has 0 radical (unpaired) electrons. The van der Waals surface area contributed by atoms with E-state index in [0.717, 1.165) is 0 Å². The van der Waals surface area contributed by atoms with E-state index in [0.29, 0.717) is 32.0 Å². The first-order valence-electron chi connectivity index (χ1n) is 7.68. The number of amides is 2. The van der Waals surface area contributed by atoms with Crippen LogP contribution in [0.5, 0.6) is 0 Å². The molecular formula is C16H18N2O6. The van der Waals surface area contributed by atoms with Gasteiger partial charge in [-0.2, -0.15) is 0 Å². The maximum atomic E-state index is 12.6. The molecule has 2 atom stereocenters. The number of aliphatic carboxylic acids is 1. The van der Waals surface area contributed by atoms with Crippen LogP contribution in [0, 0.1) is 0 Å². The Morgan fingerprint density at radius 2 is 1.79 bits per heavy atom. The SMILES string of the molecule is O=C(O)[C@H]1O[C@@H]1C(=O)N(CC(=O)N1CCOCC1)c1ccccc1. The van der Waals surface area contributed by atoms with Crippen molar-refractivity contribution < 1.29 is 29.0 Å². The van der Waals surface area contributed by atoms with Gasteiger partial charge in [0.2, 0.25) is 5.91 Å². The van der Waals surface area contributed by atoms with Crippen LogP contribution >= 0.6 is 0 Å². The number of para-hydroxylation sites is 1. The quantitative estimate of drug-likeness (QED) is 0.744. The summed E-state index contributed by atoms with van der Waals surface area (Å²) in [6.45, 7) is 1.74. The average molecular weight is 334 g/mol. The van der Waals surface area contributed by atoms with Crippen molar-refractivity contribution in [1.82, 2.24) is 4.90 Å². The Hall–Kier alpha value is -2.45. The van der Waals surface area contributed by atoms with Crippen LogP contribution in [0.15, 0.2) is 30.3 Å². The molecule has 1 aromatic rings. The molecule has 0 saturated carbocycles. The van der Waals surface area contributed by atoms with E-state index < -0.39 is 24.1 Å². The van der Waals surface area contributed by atoms with Crippen LogP contribution < -0.4 is 4.90 Å². The number of hydrogen-bond acceptors (Lipinski definition) is 5. The summed E-state index contributed by atoms with van der Waals surface area (Å²) in [5.74, 6) is -1.90. The summed E-state index contributed by atoms with van der Waals surface area (Å²) in [4.78, 5) is 38.9. The molecule has 2 amide bonds. The van der Waals surface area contributed by atoms with E-state index in [9.17, 15) is 14.4 Å². The number of epoxide rings is 1. The van der Waals surface area contributed by atoms with Crippen molar-refractivity contribution >= 4 is 23.5 Å². The lowest BCUT2D eigenvalue weighted by Gasteiger charge is -2.30. The van der Waals surface area contributed by atoms with Gasteiger partial charge in [0.05, 0.1) is 13.2 Å². The number of hydrogen-bond donors (Lipinski definition) is 1. The zero-order valence-corrected chi connectivity index (χ0v) is 13.0. The minimum atomic E-state index is -1.18. The Kier molecular flexibility index (Phi) is 4.77. The van der Waals surface area contributed by atoms with E-state index >= 15 is 0 Å². The van der Waals surface area contributed by atoms with Gasteiger partial charge in [-0.05, 0) is 12.1 Å².